The van der Waals surface area contributed by atoms with Gasteiger partial charge >= 0.3 is 6.09 Å². The van der Waals surface area contributed by atoms with Gasteiger partial charge in [-0.25, -0.2) is 4.79 Å². The van der Waals surface area contributed by atoms with Crippen LogP contribution < -0.4 is 0 Å². The number of aliphatic hydroxyl groups excluding tert-OH is 1. The molecule has 1 amide bonds. The van der Waals surface area contributed by atoms with E-state index in [1.165, 1.54) is 0 Å². The van der Waals surface area contributed by atoms with Crippen LogP contribution in [0.5, 0.6) is 0 Å². The van der Waals surface area contributed by atoms with Gasteiger partial charge in [0.05, 0.1) is 0 Å². The van der Waals surface area contributed by atoms with Gasteiger partial charge in [0.15, 0.2) is 0 Å². The van der Waals surface area contributed by atoms with E-state index in [1.54, 1.807) is 4.90 Å². The first-order valence-corrected chi connectivity index (χ1v) is 6.35. The van der Waals surface area contributed by atoms with E-state index < -0.39 is 5.60 Å². The highest BCUT2D eigenvalue weighted by molar-refractivity contribution is 5.68. The van der Waals surface area contributed by atoms with E-state index in [9.17, 15) is 9.90 Å². The molecule has 1 N–H and O–H groups in total. The molecule has 0 spiro atoms. The van der Waals surface area contributed by atoms with Crippen molar-refractivity contribution in [2.45, 2.75) is 52.6 Å². The topological polar surface area (TPSA) is 49.8 Å². The minimum absolute atomic E-state index is 0.0449. The molecule has 1 fully saturated rings. The van der Waals surface area contributed by atoms with Crippen LogP contribution in [-0.2, 0) is 4.74 Å². The summed E-state index contributed by atoms with van der Waals surface area (Å²) < 4.78 is 5.36. The lowest BCUT2D eigenvalue weighted by Gasteiger charge is -2.27. The third-order valence-corrected chi connectivity index (χ3v) is 3.23. The van der Waals surface area contributed by atoms with E-state index in [4.69, 9.17) is 4.74 Å². The number of nitrogens with zero attached hydrogens (tertiary/aromatic N) is 1. The van der Waals surface area contributed by atoms with Gasteiger partial charge in [-0.15, -0.1) is 0 Å². The Hall–Kier alpha value is -0.770. The van der Waals surface area contributed by atoms with Crippen LogP contribution in [-0.4, -0.2) is 41.4 Å². The molecular weight excluding hydrogens is 218 g/mol. The molecule has 0 radical (unpaired) electrons. The third kappa shape index (κ3) is 4.54. The van der Waals surface area contributed by atoms with E-state index in [-0.39, 0.29) is 18.1 Å². The summed E-state index contributed by atoms with van der Waals surface area (Å²) >= 11 is 0. The summed E-state index contributed by atoms with van der Waals surface area (Å²) in [7, 11) is 0. The lowest BCUT2D eigenvalue weighted by molar-refractivity contribution is 0.0246. The van der Waals surface area contributed by atoms with Gasteiger partial charge in [0, 0.05) is 19.7 Å². The van der Waals surface area contributed by atoms with E-state index in [0.29, 0.717) is 6.54 Å². The van der Waals surface area contributed by atoms with Crippen LogP contribution in [0.3, 0.4) is 0 Å². The Balaban J connectivity index is 2.54. The fraction of sp³-hybridized carbons (Fsp3) is 0.923. The quantitative estimate of drug-likeness (QED) is 0.769. The predicted molar refractivity (Wildman–Crippen MR) is 66.9 cm³/mol. The summed E-state index contributed by atoms with van der Waals surface area (Å²) in [5.41, 5.74) is -0.486. The molecule has 4 nitrogen and oxygen atoms in total. The number of rotatable bonds is 1. The van der Waals surface area contributed by atoms with Gasteiger partial charge in [0.1, 0.15) is 5.60 Å². The lowest BCUT2D eigenvalue weighted by atomic mass is 9.84. The molecular formula is C13H25NO3. The Morgan fingerprint density at radius 1 is 1.35 bits per heavy atom. The van der Waals surface area contributed by atoms with Crippen LogP contribution in [0, 0.1) is 5.41 Å². The van der Waals surface area contributed by atoms with Crippen molar-refractivity contribution in [3.05, 3.63) is 0 Å². The number of likely N-dealkylation sites (tertiary alicyclic amines) is 1. The van der Waals surface area contributed by atoms with Crippen molar-refractivity contribution >= 4 is 6.09 Å². The van der Waals surface area contributed by atoms with Gasteiger partial charge < -0.3 is 14.7 Å². The van der Waals surface area contributed by atoms with Crippen LogP contribution in [0.4, 0.5) is 4.79 Å². The van der Waals surface area contributed by atoms with Crippen LogP contribution in [0.2, 0.25) is 0 Å². The molecule has 100 valence electrons. The van der Waals surface area contributed by atoms with Gasteiger partial charge in [0.25, 0.3) is 0 Å². The molecule has 0 aromatic heterocycles. The van der Waals surface area contributed by atoms with Crippen molar-refractivity contribution in [3.63, 3.8) is 0 Å². The molecule has 1 saturated heterocycles. The summed E-state index contributed by atoms with van der Waals surface area (Å²) in [6.45, 7) is 9.29. The summed E-state index contributed by atoms with van der Waals surface area (Å²) in [5, 5.41) is 9.35. The largest absolute Gasteiger partial charge is 0.444 e. The molecule has 17 heavy (non-hydrogen) atoms. The molecule has 0 bridgehead atoms. The third-order valence-electron chi connectivity index (χ3n) is 3.23. The monoisotopic (exact) mass is 243 g/mol. The second kappa shape index (κ2) is 5.25. The van der Waals surface area contributed by atoms with Crippen molar-refractivity contribution in [1.82, 2.24) is 4.90 Å². The fourth-order valence-corrected chi connectivity index (χ4v) is 2.01. The maximum absolute atomic E-state index is 11.9. The Bertz CT molecular complexity index is 272. The molecule has 1 atom stereocenters. The van der Waals surface area contributed by atoms with Crippen LogP contribution in [0.1, 0.15) is 47.0 Å². The normalized spacial score (nSPS) is 26.5. The second-order valence-corrected chi connectivity index (χ2v) is 6.29. The van der Waals surface area contributed by atoms with Crippen molar-refractivity contribution in [2.75, 3.05) is 19.7 Å². The second-order valence-electron chi connectivity index (χ2n) is 6.29. The Morgan fingerprint density at radius 3 is 2.53 bits per heavy atom. The summed E-state index contributed by atoms with van der Waals surface area (Å²) in [4.78, 5) is 13.7. The van der Waals surface area contributed by atoms with Crippen LogP contribution in [0.15, 0.2) is 0 Å². The zero-order valence-corrected chi connectivity index (χ0v) is 11.5. The molecule has 1 unspecified atom stereocenters. The number of hydrogen-bond acceptors (Lipinski definition) is 3. The molecule has 1 aliphatic heterocycles. The van der Waals surface area contributed by atoms with E-state index in [2.05, 4.69) is 6.92 Å². The van der Waals surface area contributed by atoms with E-state index in [0.717, 1.165) is 25.8 Å². The highest BCUT2D eigenvalue weighted by Gasteiger charge is 2.30. The average Bonchev–Trinajstić information content (AvgIpc) is 2.39. The molecule has 1 rings (SSSR count). The van der Waals surface area contributed by atoms with Crippen LogP contribution in [0.25, 0.3) is 0 Å². The van der Waals surface area contributed by atoms with Gasteiger partial charge in [-0.1, -0.05) is 6.92 Å². The summed E-state index contributed by atoms with van der Waals surface area (Å²) in [5.74, 6) is 0. The molecule has 0 saturated carbocycles. The Morgan fingerprint density at radius 2 is 2.00 bits per heavy atom. The minimum atomic E-state index is -0.441. The highest BCUT2D eigenvalue weighted by Crippen LogP contribution is 2.30. The predicted octanol–water partition coefficient (Wildman–Crippen LogP) is 2.41. The number of aliphatic hydroxyl groups is 1. The highest BCUT2D eigenvalue weighted by atomic mass is 16.6. The molecule has 1 aliphatic rings. The van der Waals surface area contributed by atoms with Crippen molar-refractivity contribution in [2.24, 2.45) is 5.41 Å². The zero-order chi connectivity index (χ0) is 13.1. The maximum atomic E-state index is 11.9. The minimum Gasteiger partial charge on any atom is -0.444 e. The SMILES string of the molecule is CC1(CO)CCCN(C(=O)OC(C)(C)C)CC1. The smallest absolute Gasteiger partial charge is 0.410 e. The van der Waals surface area contributed by atoms with Gasteiger partial charge in [-0.2, -0.15) is 0 Å². The van der Waals surface area contributed by atoms with Gasteiger partial charge in [0.2, 0.25) is 0 Å². The first kappa shape index (κ1) is 14.3. The summed E-state index contributed by atoms with van der Waals surface area (Å²) in [6.07, 6.45) is 2.49. The maximum Gasteiger partial charge on any atom is 0.410 e. The van der Waals surface area contributed by atoms with Crippen molar-refractivity contribution in [3.8, 4) is 0 Å². The molecule has 0 aliphatic carbocycles. The fourth-order valence-electron chi connectivity index (χ4n) is 2.01. The van der Waals surface area contributed by atoms with Crippen molar-refractivity contribution < 1.29 is 14.6 Å². The molecule has 0 aromatic carbocycles. The Labute approximate surface area is 104 Å². The number of ether oxygens (including phenoxy) is 1. The number of hydrogen-bond donors (Lipinski definition) is 1. The lowest BCUT2D eigenvalue weighted by Crippen LogP contribution is -2.37. The number of carbonyl (C=O) groups excluding carboxylic acids is 1. The number of amides is 1. The molecule has 1 heterocycles. The summed E-state index contributed by atoms with van der Waals surface area (Å²) in [6, 6.07) is 0. The first-order valence-electron chi connectivity index (χ1n) is 6.35. The Kier molecular flexibility index (Phi) is 4.42. The zero-order valence-electron chi connectivity index (χ0n) is 11.5. The average molecular weight is 243 g/mol. The standard InChI is InChI=1S/C13H25NO3/c1-12(2,3)17-11(16)14-8-5-6-13(4,10-15)7-9-14/h15H,5-10H2,1-4H3. The molecule has 4 heteroatoms. The van der Waals surface area contributed by atoms with E-state index in [1.807, 2.05) is 20.8 Å². The van der Waals surface area contributed by atoms with Gasteiger partial charge in [-0.3, -0.25) is 0 Å². The number of carbonyl (C=O) groups is 1. The van der Waals surface area contributed by atoms with Gasteiger partial charge in [-0.05, 0) is 45.4 Å². The van der Waals surface area contributed by atoms with Crippen LogP contribution >= 0.6 is 0 Å². The first-order chi connectivity index (χ1) is 7.76. The van der Waals surface area contributed by atoms with Crippen molar-refractivity contribution in [1.29, 1.82) is 0 Å². The van der Waals surface area contributed by atoms with E-state index >= 15 is 0 Å². The molecule has 0 aromatic rings.